The number of phenolic OH excluding ortho intramolecular Hbond substituents is 1. The van der Waals surface area contributed by atoms with Gasteiger partial charge in [-0.1, -0.05) is 35.7 Å². The van der Waals surface area contributed by atoms with Crippen molar-refractivity contribution in [3.05, 3.63) is 28.2 Å². The van der Waals surface area contributed by atoms with Crippen LogP contribution in [0.2, 0.25) is 0 Å². The normalized spacial score (nSPS) is 24.4. The maximum absolute atomic E-state index is 9.56. The van der Waals surface area contributed by atoms with Crippen molar-refractivity contribution in [2.24, 2.45) is 5.92 Å². The van der Waals surface area contributed by atoms with Crippen LogP contribution in [-0.2, 0) is 6.54 Å². The lowest BCUT2D eigenvalue weighted by molar-refractivity contribution is 0.157. The van der Waals surface area contributed by atoms with Crippen LogP contribution in [0, 0.1) is 5.92 Å². The van der Waals surface area contributed by atoms with Gasteiger partial charge in [0.1, 0.15) is 5.75 Å². The van der Waals surface area contributed by atoms with E-state index in [1.54, 1.807) is 6.07 Å². The molecule has 1 aliphatic carbocycles. The minimum Gasteiger partial charge on any atom is -0.508 e. The van der Waals surface area contributed by atoms with Gasteiger partial charge in [0, 0.05) is 17.1 Å². The van der Waals surface area contributed by atoms with E-state index in [9.17, 15) is 5.11 Å². The number of hydrogen-bond donors (Lipinski definition) is 1. The van der Waals surface area contributed by atoms with Crippen LogP contribution in [0.1, 0.15) is 38.2 Å². The van der Waals surface area contributed by atoms with Gasteiger partial charge < -0.3 is 5.11 Å². The number of nitrogens with zero attached hydrogens (tertiary/aromatic N) is 1. The Morgan fingerprint density at radius 1 is 1.39 bits per heavy atom. The molecule has 2 nitrogen and oxygen atoms in total. The molecular weight excluding hydrogens is 290 g/mol. The van der Waals surface area contributed by atoms with Gasteiger partial charge in [-0.15, -0.1) is 0 Å². The maximum Gasteiger partial charge on any atom is 0.115 e. The Bertz CT molecular complexity index is 407. The van der Waals surface area contributed by atoms with Gasteiger partial charge in [-0.2, -0.15) is 0 Å². The molecule has 1 saturated carbocycles. The first-order valence-corrected chi connectivity index (χ1v) is 7.53. The van der Waals surface area contributed by atoms with Crippen LogP contribution < -0.4 is 0 Å². The molecular formula is C15H22BrNO. The summed E-state index contributed by atoms with van der Waals surface area (Å²) in [6.45, 7) is 3.25. The Labute approximate surface area is 118 Å². The molecule has 2 unspecified atom stereocenters. The largest absolute Gasteiger partial charge is 0.508 e. The summed E-state index contributed by atoms with van der Waals surface area (Å²) in [4.78, 5) is 2.43. The van der Waals surface area contributed by atoms with E-state index < -0.39 is 0 Å². The highest BCUT2D eigenvalue weighted by Gasteiger charge is 2.22. The number of phenols is 1. The Kier molecular flexibility index (Phi) is 4.68. The molecule has 1 aromatic carbocycles. The first kappa shape index (κ1) is 13.9. The van der Waals surface area contributed by atoms with Gasteiger partial charge in [0.15, 0.2) is 0 Å². The van der Waals surface area contributed by atoms with Crippen molar-refractivity contribution in [3.8, 4) is 5.75 Å². The second-order valence-electron chi connectivity index (χ2n) is 5.62. The quantitative estimate of drug-likeness (QED) is 0.905. The predicted molar refractivity (Wildman–Crippen MR) is 78.7 cm³/mol. The summed E-state index contributed by atoms with van der Waals surface area (Å²) in [6, 6.07) is 6.17. The molecule has 0 aromatic heterocycles. The van der Waals surface area contributed by atoms with Crippen molar-refractivity contribution in [2.75, 3.05) is 7.05 Å². The molecule has 0 heterocycles. The summed E-state index contributed by atoms with van der Waals surface area (Å²) in [5.41, 5.74) is 1.16. The predicted octanol–water partition coefficient (Wildman–Crippen LogP) is 4.17. The first-order valence-electron chi connectivity index (χ1n) is 6.74. The van der Waals surface area contributed by atoms with Crippen LogP contribution in [0.15, 0.2) is 22.7 Å². The molecule has 0 aliphatic heterocycles. The van der Waals surface area contributed by atoms with Crippen molar-refractivity contribution >= 4 is 15.9 Å². The second kappa shape index (κ2) is 6.07. The molecule has 2 rings (SSSR count). The summed E-state index contributed by atoms with van der Waals surface area (Å²) in [6.07, 6.45) is 5.32. The summed E-state index contributed by atoms with van der Waals surface area (Å²) in [5.74, 6) is 1.19. The van der Waals surface area contributed by atoms with Crippen molar-refractivity contribution in [2.45, 2.75) is 45.2 Å². The highest BCUT2D eigenvalue weighted by atomic mass is 79.9. The number of hydrogen-bond acceptors (Lipinski definition) is 2. The van der Waals surface area contributed by atoms with E-state index in [2.05, 4.69) is 34.8 Å². The average molecular weight is 312 g/mol. The van der Waals surface area contributed by atoms with Crippen LogP contribution in [0.4, 0.5) is 0 Å². The van der Waals surface area contributed by atoms with Crippen molar-refractivity contribution in [3.63, 3.8) is 0 Å². The lowest BCUT2D eigenvalue weighted by Gasteiger charge is -2.34. The van der Waals surface area contributed by atoms with Crippen LogP contribution in [0.5, 0.6) is 5.75 Å². The summed E-state index contributed by atoms with van der Waals surface area (Å²) >= 11 is 3.56. The zero-order chi connectivity index (χ0) is 13.1. The molecule has 100 valence electrons. The van der Waals surface area contributed by atoms with E-state index in [0.29, 0.717) is 11.8 Å². The Hall–Kier alpha value is -0.540. The molecule has 2 atom stereocenters. The lowest BCUT2D eigenvalue weighted by atomic mass is 9.86. The van der Waals surface area contributed by atoms with Crippen LogP contribution in [0.25, 0.3) is 0 Å². The van der Waals surface area contributed by atoms with Gasteiger partial charge in [-0.25, -0.2) is 0 Å². The van der Waals surface area contributed by atoms with E-state index in [1.807, 2.05) is 12.1 Å². The van der Waals surface area contributed by atoms with E-state index in [0.717, 1.165) is 22.5 Å². The van der Waals surface area contributed by atoms with Crippen LogP contribution in [-0.4, -0.2) is 23.1 Å². The standard InChI is InChI=1S/C15H22BrNO/c1-11-4-3-5-13(8-11)17(2)10-12-9-14(18)6-7-15(12)16/h6-7,9,11,13,18H,3-5,8,10H2,1-2H3. The van der Waals surface area contributed by atoms with Gasteiger partial charge in [-0.05, 0) is 49.6 Å². The van der Waals surface area contributed by atoms with Crippen LogP contribution in [0.3, 0.4) is 0 Å². The van der Waals surface area contributed by atoms with E-state index in [4.69, 9.17) is 0 Å². The lowest BCUT2D eigenvalue weighted by Crippen LogP contribution is -2.35. The summed E-state index contributed by atoms with van der Waals surface area (Å²) < 4.78 is 1.08. The monoisotopic (exact) mass is 311 g/mol. The molecule has 0 amide bonds. The third kappa shape index (κ3) is 3.48. The van der Waals surface area contributed by atoms with Gasteiger partial charge in [-0.3, -0.25) is 4.90 Å². The molecule has 0 saturated heterocycles. The Balaban J connectivity index is 2.01. The molecule has 0 spiro atoms. The van der Waals surface area contributed by atoms with E-state index >= 15 is 0 Å². The Morgan fingerprint density at radius 2 is 2.17 bits per heavy atom. The molecule has 1 aromatic rings. The number of rotatable bonds is 3. The third-order valence-electron chi connectivity index (χ3n) is 3.98. The van der Waals surface area contributed by atoms with Gasteiger partial charge in [0.05, 0.1) is 0 Å². The smallest absolute Gasteiger partial charge is 0.115 e. The fraction of sp³-hybridized carbons (Fsp3) is 0.600. The van der Waals surface area contributed by atoms with Crippen molar-refractivity contribution < 1.29 is 5.11 Å². The van der Waals surface area contributed by atoms with Gasteiger partial charge in [0.25, 0.3) is 0 Å². The minimum absolute atomic E-state index is 0.346. The summed E-state index contributed by atoms with van der Waals surface area (Å²) in [7, 11) is 2.19. The number of aromatic hydroxyl groups is 1. The molecule has 1 N–H and O–H groups in total. The van der Waals surface area contributed by atoms with E-state index in [-0.39, 0.29) is 0 Å². The minimum atomic E-state index is 0.346. The number of benzene rings is 1. The first-order chi connectivity index (χ1) is 8.56. The topological polar surface area (TPSA) is 23.5 Å². The zero-order valence-corrected chi connectivity index (χ0v) is 12.8. The molecule has 0 bridgehead atoms. The maximum atomic E-state index is 9.56. The fourth-order valence-electron chi connectivity index (χ4n) is 2.88. The summed E-state index contributed by atoms with van der Waals surface area (Å²) in [5, 5.41) is 9.56. The highest BCUT2D eigenvalue weighted by molar-refractivity contribution is 9.10. The average Bonchev–Trinajstić information content (AvgIpc) is 2.34. The number of halogens is 1. The van der Waals surface area contributed by atoms with Crippen molar-refractivity contribution in [1.82, 2.24) is 4.90 Å². The Morgan fingerprint density at radius 3 is 2.89 bits per heavy atom. The van der Waals surface area contributed by atoms with E-state index in [1.165, 1.54) is 25.7 Å². The molecule has 1 aliphatic rings. The SMILES string of the molecule is CC1CCCC(N(C)Cc2cc(O)ccc2Br)C1. The molecule has 3 heteroatoms. The molecule has 18 heavy (non-hydrogen) atoms. The van der Waals surface area contributed by atoms with Crippen LogP contribution >= 0.6 is 15.9 Å². The molecule has 0 radical (unpaired) electrons. The zero-order valence-electron chi connectivity index (χ0n) is 11.2. The highest BCUT2D eigenvalue weighted by Crippen LogP contribution is 2.29. The second-order valence-corrected chi connectivity index (χ2v) is 6.47. The van der Waals surface area contributed by atoms with Gasteiger partial charge in [0.2, 0.25) is 0 Å². The molecule has 1 fully saturated rings. The van der Waals surface area contributed by atoms with Gasteiger partial charge >= 0.3 is 0 Å². The van der Waals surface area contributed by atoms with Crippen molar-refractivity contribution in [1.29, 1.82) is 0 Å². The fourth-order valence-corrected chi connectivity index (χ4v) is 3.25. The third-order valence-corrected chi connectivity index (χ3v) is 4.75.